The van der Waals surface area contributed by atoms with Gasteiger partial charge in [-0.1, -0.05) is 18.9 Å². The number of carbonyl (C=O) groups is 2. The van der Waals surface area contributed by atoms with Crippen molar-refractivity contribution in [2.75, 3.05) is 6.26 Å². The van der Waals surface area contributed by atoms with Gasteiger partial charge in [0.05, 0.1) is 0 Å². The van der Waals surface area contributed by atoms with Gasteiger partial charge in [0.1, 0.15) is 6.04 Å². The van der Waals surface area contributed by atoms with Crippen LogP contribution in [0.4, 0.5) is 4.79 Å². The van der Waals surface area contributed by atoms with Crippen LogP contribution in [-0.4, -0.2) is 40.7 Å². The molecule has 0 radical (unpaired) electrons. The molecule has 0 saturated heterocycles. The molecule has 108 valence electrons. The van der Waals surface area contributed by atoms with Crippen LogP contribution in [0, 0.1) is 0 Å². The number of amides is 2. The van der Waals surface area contributed by atoms with Gasteiger partial charge in [-0.15, -0.1) is 6.58 Å². The molecule has 1 aliphatic carbocycles. The van der Waals surface area contributed by atoms with Gasteiger partial charge in [-0.3, -0.25) is 0 Å². The molecule has 19 heavy (non-hydrogen) atoms. The summed E-state index contributed by atoms with van der Waals surface area (Å²) in [6.45, 7) is 3.49. The van der Waals surface area contributed by atoms with Crippen LogP contribution in [0.15, 0.2) is 12.7 Å². The van der Waals surface area contributed by atoms with E-state index in [-0.39, 0.29) is 12.5 Å². The molecule has 3 unspecified atom stereocenters. The van der Waals surface area contributed by atoms with Crippen LogP contribution in [0.3, 0.4) is 0 Å². The Balaban J connectivity index is 2.48. The van der Waals surface area contributed by atoms with Gasteiger partial charge in [-0.05, 0) is 25.5 Å². The molecule has 0 bridgehead atoms. The number of carboxylic acid groups (broad SMARTS) is 1. The van der Waals surface area contributed by atoms with Crippen LogP contribution in [0.2, 0.25) is 0 Å². The van der Waals surface area contributed by atoms with Crippen molar-refractivity contribution in [1.29, 1.82) is 0 Å². The van der Waals surface area contributed by atoms with Crippen molar-refractivity contribution in [3.05, 3.63) is 12.7 Å². The Labute approximate surface area is 118 Å². The third kappa shape index (κ3) is 5.14. The summed E-state index contributed by atoms with van der Waals surface area (Å²) in [6.07, 6.45) is 8.11. The van der Waals surface area contributed by atoms with Gasteiger partial charge in [0.2, 0.25) is 0 Å². The highest BCUT2D eigenvalue weighted by Crippen LogP contribution is 2.26. The van der Waals surface area contributed by atoms with E-state index in [1.165, 1.54) is 12.5 Å². The first-order valence-electron chi connectivity index (χ1n) is 6.52. The Morgan fingerprint density at radius 1 is 1.47 bits per heavy atom. The average molecular weight is 286 g/mol. The number of carboxylic acids is 1. The van der Waals surface area contributed by atoms with Crippen molar-refractivity contribution in [2.24, 2.45) is 0 Å². The van der Waals surface area contributed by atoms with Crippen molar-refractivity contribution >= 4 is 23.8 Å². The van der Waals surface area contributed by atoms with Crippen molar-refractivity contribution < 1.29 is 14.7 Å². The molecule has 5 nitrogen and oxygen atoms in total. The number of carbonyl (C=O) groups excluding carboxylic acids is 1. The summed E-state index contributed by atoms with van der Waals surface area (Å²) in [7, 11) is 0. The van der Waals surface area contributed by atoms with E-state index in [9.17, 15) is 9.59 Å². The van der Waals surface area contributed by atoms with E-state index < -0.39 is 18.0 Å². The Morgan fingerprint density at radius 3 is 2.74 bits per heavy atom. The maximum absolute atomic E-state index is 11.8. The fourth-order valence-electron chi connectivity index (χ4n) is 2.30. The molecule has 0 aromatic rings. The lowest BCUT2D eigenvalue weighted by atomic mass is 9.95. The summed E-state index contributed by atoms with van der Waals surface area (Å²) in [5, 5.41) is 14.8. The van der Waals surface area contributed by atoms with Gasteiger partial charge >= 0.3 is 12.0 Å². The van der Waals surface area contributed by atoms with Crippen LogP contribution in [-0.2, 0) is 4.79 Å². The fourth-order valence-corrected chi connectivity index (χ4v) is 3.24. The average Bonchev–Trinajstić information content (AvgIpc) is 2.38. The highest BCUT2D eigenvalue weighted by molar-refractivity contribution is 7.99. The van der Waals surface area contributed by atoms with E-state index in [0.29, 0.717) is 5.25 Å². The molecule has 0 aromatic carbocycles. The first-order valence-corrected chi connectivity index (χ1v) is 7.80. The van der Waals surface area contributed by atoms with Gasteiger partial charge < -0.3 is 15.7 Å². The number of aliphatic carboxylic acids is 1. The molecule has 2 amide bonds. The molecule has 0 spiro atoms. The molecule has 0 aromatic heterocycles. The molecule has 3 N–H and O–H groups in total. The maximum atomic E-state index is 11.8. The monoisotopic (exact) mass is 286 g/mol. The zero-order valence-electron chi connectivity index (χ0n) is 11.2. The molecular weight excluding hydrogens is 264 g/mol. The smallest absolute Gasteiger partial charge is 0.326 e. The van der Waals surface area contributed by atoms with Gasteiger partial charge in [0.15, 0.2) is 0 Å². The lowest BCUT2D eigenvalue weighted by molar-refractivity contribution is -0.139. The van der Waals surface area contributed by atoms with E-state index in [0.717, 1.165) is 19.3 Å². The van der Waals surface area contributed by atoms with Crippen LogP contribution in [0.1, 0.15) is 32.1 Å². The second kappa shape index (κ2) is 8.09. The molecule has 0 aliphatic heterocycles. The number of rotatable bonds is 6. The molecule has 1 aliphatic rings. The van der Waals surface area contributed by atoms with Crippen LogP contribution in [0.5, 0.6) is 0 Å². The maximum Gasteiger partial charge on any atom is 0.326 e. The Hall–Kier alpha value is -1.17. The first kappa shape index (κ1) is 15.9. The highest BCUT2D eigenvalue weighted by Gasteiger charge is 2.27. The zero-order chi connectivity index (χ0) is 14.3. The van der Waals surface area contributed by atoms with E-state index in [1.807, 2.05) is 6.26 Å². The quantitative estimate of drug-likeness (QED) is 0.652. The molecule has 0 heterocycles. The largest absolute Gasteiger partial charge is 0.480 e. The third-order valence-electron chi connectivity index (χ3n) is 3.33. The second-order valence-corrected chi connectivity index (χ2v) is 5.78. The molecule has 1 fully saturated rings. The van der Waals surface area contributed by atoms with Gasteiger partial charge in [0, 0.05) is 11.3 Å². The summed E-state index contributed by atoms with van der Waals surface area (Å²) in [5.41, 5.74) is 0. The molecule has 3 atom stereocenters. The van der Waals surface area contributed by atoms with Crippen molar-refractivity contribution in [2.45, 2.75) is 49.4 Å². The van der Waals surface area contributed by atoms with E-state index in [4.69, 9.17) is 5.11 Å². The van der Waals surface area contributed by atoms with Crippen molar-refractivity contribution in [3.8, 4) is 0 Å². The standard InChI is InChI=1S/C13H22N2O3S/c1-3-6-10(12(16)17)15-13(18)14-9-7-4-5-8-11(9)19-2/h3,9-11H,1,4-8H2,2H3,(H,16,17)(H2,14,15,18). The van der Waals surface area contributed by atoms with E-state index in [1.54, 1.807) is 11.8 Å². The van der Waals surface area contributed by atoms with E-state index in [2.05, 4.69) is 17.2 Å². The third-order valence-corrected chi connectivity index (χ3v) is 4.50. The topological polar surface area (TPSA) is 78.4 Å². The van der Waals surface area contributed by atoms with Gasteiger partial charge in [-0.25, -0.2) is 9.59 Å². The fraction of sp³-hybridized carbons (Fsp3) is 0.692. The summed E-state index contributed by atoms with van der Waals surface area (Å²) in [5.74, 6) is -1.04. The number of hydrogen-bond acceptors (Lipinski definition) is 3. The highest BCUT2D eigenvalue weighted by atomic mass is 32.2. The molecule has 1 saturated carbocycles. The van der Waals surface area contributed by atoms with E-state index >= 15 is 0 Å². The minimum atomic E-state index is -1.04. The number of nitrogens with one attached hydrogen (secondary N) is 2. The number of thioether (sulfide) groups is 1. The van der Waals surface area contributed by atoms with Gasteiger partial charge in [0.25, 0.3) is 0 Å². The second-order valence-electron chi connectivity index (χ2n) is 4.70. The van der Waals surface area contributed by atoms with Gasteiger partial charge in [-0.2, -0.15) is 11.8 Å². The molecular formula is C13H22N2O3S. The van der Waals surface area contributed by atoms with Crippen molar-refractivity contribution in [1.82, 2.24) is 10.6 Å². The molecule has 6 heteroatoms. The lowest BCUT2D eigenvalue weighted by Gasteiger charge is -2.31. The Bertz CT molecular complexity index is 336. The SMILES string of the molecule is C=CCC(NC(=O)NC1CCCCC1SC)C(=O)O. The number of hydrogen-bond donors (Lipinski definition) is 3. The van der Waals surface area contributed by atoms with Crippen LogP contribution < -0.4 is 10.6 Å². The first-order chi connectivity index (χ1) is 9.08. The predicted molar refractivity (Wildman–Crippen MR) is 77.5 cm³/mol. The van der Waals surface area contributed by atoms with Crippen LogP contribution >= 0.6 is 11.8 Å². The summed E-state index contributed by atoms with van der Waals surface area (Å²) in [6, 6.07) is -1.18. The minimum absolute atomic E-state index is 0.127. The number of urea groups is 1. The summed E-state index contributed by atoms with van der Waals surface area (Å²) < 4.78 is 0. The Kier molecular flexibility index (Phi) is 6.77. The summed E-state index contributed by atoms with van der Waals surface area (Å²) in [4.78, 5) is 22.8. The summed E-state index contributed by atoms with van der Waals surface area (Å²) >= 11 is 1.76. The normalized spacial score (nSPS) is 24.3. The van der Waals surface area contributed by atoms with Crippen molar-refractivity contribution in [3.63, 3.8) is 0 Å². The predicted octanol–water partition coefficient (Wildman–Crippen LogP) is 1.99. The Morgan fingerprint density at radius 2 is 2.16 bits per heavy atom. The zero-order valence-corrected chi connectivity index (χ0v) is 12.0. The molecule has 1 rings (SSSR count). The minimum Gasteiger partial charge on any atom is -0.480 e. The lowest BCUT2D eigenvalue weighted by Crippen LogP contribution is -2.52. The van der Waals surface area contributed by atoms with Crippen LogP contribution in [0.25, 0.3) is 0 Å².